The van der Waals surface area contributed by atoms with E-state index in [0.29, 0.717) is 49.2 Å². The molecule has 0 spiro atoms. The van der Waals surface area contributed by atoms with E-state index in [1.807, 2.05) is 4.90 Å². The van der Waals surface area contributed by atoms with Gasteiger partial charge in [0.25, 0.3) is 0 Å². The molecule has 0 atom stereocenters. The molecule has 7 nitrogen and oxygen atoms in total. The highest BCUT2D eigenvalue weighted by molar-refractivity contribution is 9.10. The number of aromatic nitrogens is 4. The van der Waals surface area contributed by atoms with E-state index in [0.717, 1.165) is 6.07 Å². The number of hydrogen-bond donors (Lipinski definition) is 0. The third-order valence-corrected chi connectivity index (χ3v) is 4.66. The summed E-state index contributed by atoms with van der Waals surface area (Å²) in [4.78, 5) is 10.2. The average molecular weight is 426 g/mol. The SMILES string of the molecule is COc1cc2ncc(-c3nc(Br)c(F)cc3F)n2nc1N1CCOCC1. The first kappa shape index (κ1) is 17.1. The van der Waals surface area contributed by atoms with Crippen molar-refractivity contribution in [1.82, 2.24) is 19.6 Å². The van der Waals surface area contributed by atoms with Gasteiger partial charge in [0.15, 0.2) is 28.8 Å². The van der Waals surface area contributed by atoms with E-state index in [4.69, 9.17) is 9.47 Å². The van der Waals surface area contributed by atoms with Crippen molar-refractivity contribution in [3.8, 4) is 17.1 Å². The van der Waals surface area contributed by atoms with Crippen LogP contribution in [0.3, 0.4) is 0 Å². The molecule has 0 aliphatic carbocycles. The lowest BCUT2D eigenvalue weighted by Crippen LogP contribution is -2.37. The Balaban J connectivity index is 1.88. The fourth-order valence-corrected chi connectivity index (χ4v) is 3.11. The van der Waals surface area contributed by atoms with E-state index in [1.165, 1.54) is 10.7 Å². The summed E-state index contributed by atoms with van der Waals surface area (Å²) in [5.41, 5.74) is 0.738. The van der Waals surface area contributed by atoms with Gasteiger partial charge in [-0.15, -0.1) is 5.10 Å². The maximum absolute atomic E-state index is 14.3. The summed E-state index contributed by atoms with van der Waals surface area (Å²) in [6.45, 7) is 2.49. The minimum absolute atomic E-state index is 0.0450. The second-order valence-corrected chi connectivity index (χ2v) is 6.39. The largest absolute Gasteiger partial charge is 0.493 e. The smallest absolute Gasteiger partial charge is 0.192 e. The van der Waals surface area contributed by atoms with Gasteiger partial charge >= 0.3 is 0 Å². The molecule has 10 heteroatoms. The van der Waals surface area contributed by atoms with Crippen LogP contribution in [0.25, 0.3) is 17.0 Å². The molecule has 0 aromatic carbocycles. The van der Waals surface area contributed by atoms with Crippen molar-refractivity contribution < 1.29 is 18.3 Å². The minimum atomic E-state index is -0.793. The first-order valence-corrected chi connectivity index (χ1v) is 8.65. The summed E-state index contributed by atoms with van der Waals surface area (Å²) in [6.07, 6.45) is 1.45. The molecule has 1 aliphatic heterocycles. The summed E-state index contributed by atoms with van der Waals surface area (Å²) in [6, 6.07) is 2.50. The maximum atomic E-state index is 14.3. The molecule has 0 radical (unpaired) electrons. The molecular formula is C16H14BrF2N5O2. The number of nitrogens with zero attached hydrogens (tertiary/aromatic N) is 5. The summed E-state index contributed by atoms with van der Waals surface area (Å²) in [7, 11) is 1.56. The monoisotopic (exact) mass is 425 g/mol. The molecule has 3 aromatic heterocycles. The molecule has 4 rings (SSSR count). The lowest BCUT2D eigenvalue weighted by molar-refractivity contribution is 0.122. The third-order valence-electron chi connectivity index (χ3n) is 4.10. The lowest BCUT2D eigenvalue weighted by atomic mass is 10.3. The number of halogens is 3. The zero-order chi connectivity index (χ0) is 18.3. The molecule has 1 saturated heterocycles. The summed E-state index contributed by atoms with van der Waals surface area (Å²) >= 11 is 2.98. The molecule has 136 valence electrons. The van der Waals surface area contributed by atoms with Crippen LogP contribution in [0.1, 0.15) is 0 Å². The van der Waals surface area contributed by atoms with Crippen LogP contribution in [-0.4, -0.2) is 53.0 Å². The Morgan fingerprint density at radius 1 is 1.19 bits per heavy atom. The van der Waals surface area contributed by atoms with E-state index in [9.17, 15) is 8.78 Å². The standard InChI is InChI=1S/C16H14BrF2N5O2/c1-25-12-7-13-20-8-11(14-9(18)6-10(19)15(17)21-14)24(13)22-16(12)23-2-4-26-5-3-23/h6-8H,2-5H2,1H3. The topological polar surface area (TPSA) is 64.8 Å². The van der Waals surface area contributed by atoms with Crippen LogP contribution in [0.2, 0.25) is 0 Å². The van der Waals surface area contributed by atoms with Gasteiger partial charge in [-0.05, 0) is 15.9 Å². The van der Waals surface area contributed by atoms with Crippen LogP contribution < -0.4 is 9.64 Å². The lowest BCUT2D eigenvalue weighted by Gasteiger charge is -2.28. The number of morpholine rings is 1. The van der Waals surface area contributed by atoms with Gasteiger partial charge in [-0.3, -0.25) is 0 Å². The predicted molar refractivity (Wildman–Crippen MR) is 93.4 cm³/mol. The Kier molecular flexibility index (Phi) is 4.45. The molecule has 0 amide bonds. The highest BCUT2D eigenvalue weighted by Crippen LogP contribution is 2.31. The van der Waals surface area contributed by atoms with Crippen LogP contribution in [0, 0.1) is 11.6 Å². The van der Waals surface area contributed by atoms with E-state index in [1.54, 1.807) is 13.2 Å². The van der Waals surface area contributed by atoms with Crippen molar-refractivity contribution >= 4 is 27.4 Å². The Morgan fingerprint density at radius 2 is 1.96 bits per heavy atom. The van der Waals surface area contributed by atoms with Crippen LogP contribution in [0.5, 0.6) is 5.75 Å². The van der Waals surface area contributed by atoms with Gasteiger partial charge in [0, 0.05) is 25.2 Å². The van der Waals surface area contributed by atoms with E-state index in [-0.39, 0.29) is 10.3 Å². The van der Waals surface area contributed by atoms with E-state index < -0.39 is 11.6 Å². The molecule has 1 fully saturated rings. The number of anilines is 1. The number of fused-ring (bicyclic) bond motifs is 1. The Hall–Kier alpha value is -2.33. The maximum Gasteiger partial charge on any atom is 0.192 e. The van der Waals surface area contributed by atoms with E-state index in [2.05, 4.69) is 31.0 Å². The van der Waals surface area contributed by atoms with Gasteiger partial charge in [-0.2, -0.15) is 0 Å². The molecule has 0 N–H and O–H groups in total. The van der Waals surface area contributed by atoms with Gasteiger partial charge < -0.3 is 14.4 Å². The molecule has 0 bridgehead atoms. The van der Waals surface area contributed by atoms with Gasteiger partial charge in [-0.25, -0.2) is 23.3 Å². The fourth-order valence-electron chi connectivity index (χ4n) is 2.82. The summed E-state index contributed by atoms with van der Waals surface area (Å²) in [5, 5.41) is 4.58. The number of pyridine rings is 1. The first-order valence-electron chi connectivity index (χ1n) is 7.86. The van der Waals surface area contributed by atoms with Crippen LogP contribution in [-0.2, 0) is 4.74 Å². The van der Waals surface area contributed by atoms with Gasteiger partial charge in [-0.1, -0.05) is 0 Å². The van der Waals surface area contributed by atoms with Gasteiger partial charge in [0.1, 0.15) is 16.0 Å². The summed E-state index contributed by atoms with van der Waals surface area (Å²) < 4.78 is 40.0. The van der Waals surface area contributed by atoms with Gasteiger partial charge in [0.2, 0.25) is 0 Å². The van der Waals surface area contributed by atoms with Crippen molar-refractivity contribution in [3.63, 3.8) is 0 Å². The van der Waals surface area contributed by atoms with Crippen molar-refractivity contribution in [3.05, 3.63) is 34.6 Å². The van der Waals surface area contributed by atoms with Crippen LogP contribution >= 0.6 is 15.9 Å². The number of hydrogen-bond acceptors (Lipinski definition) is 6. The number of rotatable bonds is 3. The molecule has 26 heavy (non-hydrogen) atoms. The average Bonchev–Trinajstić information content (AvgIpc) is 3.07. The highest BCUT2D eigenvalue weighted by Gasteiger charge is 2.22. The van der Waals surface area contributed by atoms with Crippen molar-refractivity contribution in [2.45, 2.75) is 0 Å². The second-order valence-electron chi connectivity index (χ2n) is 5.64. The zero-order valence-electron chi connectivity index (χ0n) is 13.7. The molecular weight excluding hydrogens is 412 g/mol. The van der Waals surface area contributed by atoms with Crippen LogP contribution in [0.15, 0.2) is 22.9 Å². The molecule has 4 heterocycles. The highest BCUT2D eigenvalue weighted by atomic mass is 79.9. The normalized spacial score (nSPS) is 14.8. The zero-order valence-corrected chi connectivity index (χ0v) is 15.3. The third kappa shape index (κ3) is 2.88. The van der Waals surface area contributed by atoms with Crippen molar-refractivity contribution in [2.75, 3.05) is 38.3 Å². The van der Waals surface area contributed by atoms with Crippen molar-refractivity contribution in [1.29, 1.82) is 0 Å². The molecule has 0 saturated carbocycles. The fraction of sp³-hybridized carbons (Fsp3) is 0.312. The molecule has 1 aliphatic rings. The Bertz CT molecular complexity index is 975. The quantitative estimate of drug-likeness (QED) is 0.601. The molecule has 3 aromatic rings. The number of imidazole rings is 1. The van der Waals surface area contributed by atoms with Gasteiger partial charge in [0.05, 0.1) is 26.5 Å². The van der Waals surface area contributed by atoms with E-state index >= 15 is 0 Å². The second kappa shape index (κ2) is 6.76. The van der Waals surface area contributed by atoms with Crippen LogP contribution in [0.4, 0.5) is 14.6 Å². The number of ether oxygens (including phenoxy) is 2. The Labute approximate surface area is 155 Å². The number of methoxy groups -OCH3 is 1. The van der Waals surface area contributed by atoms with Crippen molar-refractivity contribution in [2.24, 2.45) is 0 Å². The summed E-state index contributed by atoms with van der Waals surface area (Å²) in [5.74, 6) is -0.406. The minimum Gasteiger partial charge on any atom is -0.493 e. The predicted octanol–water partition coefficient (Wildman–Crippen LogP) is 2.68. The molecule has 0 unspecified atom stereocenters. The first-order chi connectivity index (χ1) is 12.6. The Morgan fingerprint density at radius 3 is 2.69 bits per heavy atom.